The van der Waals surface area contributed by atoms with Crippen molar-refractivity contribution in [2.45, 2.75) is 31.2 Å². The molecule has 3 heterocycles. The number of nitrogens with one attached hydrogen (secondary N) is 1. The van der Waals surface area contributed by atoms with Crippen molar-refractivity contribution in [1.29, 1.82) is 0 Å². The molecule has 130 valence electrons. The van der Waals surface area contributed by atoms with E-state index < -0.39 is 23.8 Å². The summed E-state index contributed by atoms with van der Waals surface area (Å²) in [6.07, 6.45) is 1.24. The summed E-state index contributed by atoms with van der Waals surface area (Å²) in [6, 6.07) is 4.43. The molecule has 2 unspecified atom stereocenters. The average Bonchev–Trinajstić information content (AvgIpc) is 3.11. The van der Waals surface area contributed by atoms with Crippen LogP contribution in [0.3, 0.4) is 0 Å². The van der Waals surface area contributed by atoms with Crippen molar-refractivity contribution in [3.05, 3.63) is 34.9 Å². The molecule has 0 bridgehead atoms. The second kappa shape index (κ2) is 5.77. The molecule has 3 aliphatic heterocycles. The summed E-state index contributed by atoms with van der Waals surface area (Å²) in [4.78, 5) is 52.5. The maximum Gasteiger partial charge on any atom is 0.262 e. The van der Waals surface area contributed by atoms with Crippen LogP contribution in [-0.4, -0.2) is 59.6 Å². The molecule has 3 aliphatic rings. The summed E-state index contributed by atoms with van der Waals surface area (Å²) in [5, 5.41) is 2.22. The van der Waals surface area contributed by atoms with Crippen molar-refractivity contribution >= 4 is 23.6 Å². The van der Waals surface area contributed by atoms with Gasteiger partial charge in [-0.2, -0.15) is 0 Å². The van der Waals surface area contributed by atoms with Crippen molar-refractivity contribution in [2.24, 2.45) is 0 Å². The number of carbonyl (C=O) groups is 4. The molecule has 0 spiro atoms. The van der Waals surface area contributed by atoms with Crippen LogP contribution in [0, 0.1) is 0 Å². The van der Waals surface area contributed by atoms with E-state index in [0.717, 1.165) is 30.0 Å². The summed E-state index contributed by atoms with van der Waals surface area (Å²) >= 11 is 0. The first-order chi connectivity index (χ1) is 12.0. The van der Waals surface area contributed by atoms with E-state index in [0.29, 0.717) is 11.1 Å². The van der Waals surface area contributed by atoms with E-state index in [-0.39, 0.29) is 24.7 Å². The highest BCUT2D eigenvalue weighted by molar-refractivity contribution is 6.24. The molecule has 7 heteroatoms. The monoisotopic (exact) mass is 341 g/mol. The number of hydrogen-bond donors (Lipinski definition) is 1. The minimum absolute atomic E-state index is 0.129. The number of likely N-dealkylation sites (tertiary alicyclic amines) is 1. The maximum absolute atomic E-state index is 13.0. The van der Waals surface area contributed by atoms with Crippen molar-refractivity contribution in [2.75, 3.05) is 20.1 Å². The van der Waals surface area contributed by atoms with Gasteiger partial charge in [0.25, 0.3) is 11.8 Å². The van der Waals surface area contributed by atoms with Crippen LogP contribution in [0.4, 0.5) is 0 Å². The van der Waals surface area contributed by atoms with Crippen LogP contribution in [0.2, 0.25) is 0 Å². The van der Waals surface area contributed by atoms with Gasteiger partial charge in [0.05, 0.1) is 11.1 Å². The average molecular weight is 341 g/mol. The highest BCUT2D eigenvalue weighted by Gasteiger charge is 2.46. The van der Waals surface area contributed by atoms with Gasteiger partial charge < -0.3 is 4.90 Å². The molecule has 25 heavy (non-hydrogen) atoms. The van der Waals surface area contributed by atoms with Gasteiger partial charge in [0, 0.05) is 13.0 Å². The normalized spacial score (nSPS) is 27.0. The summed E-state index contributed by atoms with van der Waals surface area (Å²) in [5.74, 6) is -1.60. The Kier molecular flexibility index (Phi) is 3.68. The predicted octanol–water partition coefficient (Wildman–Crippen LogP) is 0.507. The Bertz CT molecular complexity index is 804. The van der Waals surface area contributed by atoms with Gasteiger partial charge in [-0.05, 0) is 44.0 Å². The van der Waals surface area contributed by atoms with Gasteiger partial charge in [-0.3, -0.25) is 29.4 Å². The third-order valence-corrected chi connectivity index (χ3v) is 5.33. The van der Waals surface area contributed by atoms with Crippen LogP contribution in [0.25, 0.3) is 0 Å². The van der Waals surface area contributed by atoms with Gasteiger partial charge >= 0.3 is 0 Å². The van der Waals surface area contributed by atoms with Crippen LogP contribution in [0.5, 0.6) is 0 Å². The second-order valence-corrected chi connectivity index (χ2v) is 6.96. The Morgan fingerprint density at radius 2 is 1.88 bits per heavy atom. The van der Waals surface area contributed by atoms with E-state index in [4.69, 9.17) is 0 Å². The lowest BCUT2D eigenvalue weighted by Crippen LogP contribution is -2.54. The van der Waals surface area contributed by atoms with Gasteiger partial charge in [0.1, 0.15) is 6.04 Å². The zero-order chi connectivity index (χ0) is 17.7. The summed E-state index contributed by atoms with van der Waals surface area (Å²) in [6.45, 7) is 1.80. The minimum atomic E-state index is -0.913. The van der Waals surface area contributed by atoms with Crippen LogP contribution < -0.4 is 5.32 Å². The number of imide groups is 2. The SMILES string of the molecule is CN1CCC(c2cccc3c2C(=O)N(C2CCC(=O)NC2=O)C3=O)C1. The zero-order valence-corrected chi connectivity index (χ0v) is 13.9. The van der Waals surface area contributed by atoms with Gasteiger partial charge in [-0.25, -0.2) is 0 Å². The number of nitrogens with zero attached hydrogens (tertiary/aromatic N) is 2. The van der Waals surface area contributed by atoms with Gasteiger partial charge in [0.15, 0.2) is 0 Å². The fraction of sp³-hybridized carbons (Fsp3) is 0.444. The van der Waals surface area contributed by atoms with Crippen molar-refractivity contribution < 1.29 is 19.2 Å². The fourth-order valence-electron chi connectivity index (χ4n) is 4.07. The molecule has 0 aliphatic carbocycles. The van der Waals surface area contributed by atoms with Crippen LogP contribution in [0.15, 0.2) is 18.2 Å². The number of piperidine rings is 1. The number of likely N-dealkylation sites (N-methyl/N-ethyl adjacent to an activating group) is 1. The maximum atomic E-state index is 13.0. The Labute approximate surface area is 145 Å². The lowest BCUT2D eigenvalue weighted by atomic mass is 9.91. The highest BCUT2D eigenvalue weighted by atomic mass is 16.2. The third kappa shape index (κ3) is 2.46. The molecule has 0 radical (unpaired) electrons. The zero-order valence-electron chi connectivity index (χ0n) is 13.9. The first-order valence-electron chi connectivity index (χ1n) is 8.50. The van der Waals surface area contributed by atoms with E-state index in [2.05, 4.69) is 10.2 Å². The summed E-state index contributed by atoms with van der Waals surface area (Å²) in [5.41, 5.74) is 1.68. The Balaban J connectivity index is 1.70. The summed E-state index contributed by atoms with van der Waals surface area (Å²) < 4.78 is 0. The molecule has 1 aromatic rings. The number of carbonyl (C=O) groups excluding carboxylic acids is 4. The first-order valence-corrected chi connectivity index (χ1v) is 8.50. The quantitative estimate of drug-likeness (QED) is 0.792. The second-order valence-electron chi connectivity index (χ2n) is 6.96. The predicted molar refractivity (Wildman–Crippen MR) is 88.0 cm³/mol. The number of rotatable bonds is 2. The number of fused-ring (bicyclic) bond motifs is 1. The van der Waals surface area contributed by atoms with Crippen molar-refractivity contribution in [3.63, 3.8) is 0 Å². The van der Waals surface area contributed by atoms with Gasteiger partial charge in [-0.1, -0.05) is 12.1 Å². The number of amides is 4. The molecule has 4 amide bonds. The van der Waals surface area contributed by atoms with Crippen LogP contribution >= 0.6 is 0 Å². The molecular weight excluding hydrogens is 322 g/mol. The fourth-order valence-corrected chi connectivity index (χ4v) is 4.07. The van der Waals surface area contributed by atoms with E-state index in [1.54, 1.807) is 12.1 Å². The molecule has 4 rings (SSSR count). The van der Waals surface area contributed by atoms with Crippen molar-refractivity contribution in [1.82, 2.24) is 15.1 Å². The lowest BCUT2D eigenvalue weighted by molar-refractivity contribution is -0.136. The largest absolute Gasteiger partial charge is 0.306 e. The molecule has 7 nitrogen and oxygen atoms in total. The smallest absolute Gasteiger partial charge is 0.262 e. The van der Waals surface area contributed by atoms with E-state index >= 15 is 0 Å². The van der Waals surface area contributed by atoms with Crippen molar-refractivity contribution in [3.8, 4) is 0 Å². The van der Waals surface area contributed by atoms with E-state index in [9.17, 15) is 19.2 Å². The van der Waals surface area contributed by atoms with Gasteiger partial charge in [0.2, 0.25) is 11.8 Å². The molecular formula is C18H19N3O4. The van der Waals surface area contributed by atoms with Gasteiger partial charge in [-0.15, -0.1) is 0 Å². The standard InChI is InChI=1S/C18H19N3O4/c1-20-8-7-10(9-20)11-3-2-4-12-15(11)18(25)21(17(12)24)13-5-6-14(22)19-16(13)23/h2-4,10,13H,5-9H2,1H3,(H,19,22,23). The molecule has 2 fully saturated rings. The Hall–Kier alpha value is -2.54. The van der Waals surface area contributed by atoms with Crippen LogP contribution in [-0.2, 0) is 9.59 Å². The molecule has 2 atom stereocenters. The topological polar surface area (TPSA) is 86.8 Å². The molecule has 0 saturated carbocycles. The third-order valence-electron chi connectivity index (χ3n) is 5.33. The highest BCUT2D eigenvalue weighted by Crippen LogP contribution is 2.36. The Morgan fingerprint density at radius 1 is 1.08 bits per heavy atom. The summed E-state index contributed by atoms with van der Waals surface area (Å²) in [7, 11) is 2.03. The minimum Gasteiger partial charge on any atom is -0.306 e. The first kappa shape index (κ1) is 16.0. The van der Waals surface area contributed by atoms with E-state index in [1.165, 1.54) is 0 Å². The molecule has 2 saturated heterocycles. The molecule has 0 aromatic heterocycles. The Morgan fingerprint density at radius 3 is 2.56 bits per heavy atom. The number of hydrogen-bond acceptors (Lipinski definition) is 5. The molecule has 1 aromatic carbocycles. The lowest BCUT2D eigenvalue weighted by Gasteiger charge is -2.28. The van der Waals surface area contributed by atoms with Crippen LogP contribution in [0.1, 0.15) is 51.5 Å². The number of benzene rings is 1. The molecule has 1 N–H and O–H groups in total. The van der Waals surface area contributed by atoms with E-state index in [1.807, 2.05) is 13.1 Å².